The van der Waals surface area contributed by atoms with Gasteiger partial charge < -0.3 is 9.80 Å². The number of aryl methyl sites for hydroxylation is 1. The summed E-state index contributed by atoms with van der Waals surface area (Å²) in [6.07, 6.45) is 3.76. The van der Waals surface area contributed by atoms with Crippen LogP contribution in [0.4, 0.5) is 5.69 Å². The molecule has 98 valence electrons. The average molecular weight is 247 g/mol. The van der Waals surface area contributed by atoms with Crippen molar-refractivity contribution < 1.29 is 4.79 Å². The smallest absolute Gasteiger partial charge is 0.220 e. The quantitative estimate of drug-likeness (QED) is 0.759. The summed E-state index contributed by atoms with van der Waals surface area (Å²) in [7, 11) is 0. The molecule has 0 aromatic carbocycles. The van der Waals surface area contributed by atoms with E-state index in [-0.39, 0.29) is 18.0 Å². The van der Waals surface area contributed by atoms with Crippen molar-refractivity contribution in [2.45, 2.75) is 39.8 Å². The van der Waals surface area contributed by atoms with Crippen molar-refractivity contribution in [3.63, 3.8) is 0 Å². The van der Waals surface area contributed by atoms with E-state index in [1.54, 1.807) is 6.92 Å². The molecule has 4 nitrogen and oxygen atoms in total. The summed E-state index contributed by atoms with van der Waals surface area (Å²) in [5, 5.41) is 0. The Labute approximate surface area is 109 Å². The Bertz CT molecular complexity index is 434. The van der Waals surface area contributed by atoms with E-state index in [0.717, 1.165) is 18.8 Å². The van der Waals surface area contributed by atoms with Crippen LogP contribution in [0.3, 0.4) is 0 Å². The molecular formula is C14H21N3O. The number of nitrogens with zero attached hydrogens (tertiary/aromatic N) is 3. The molecule has 18 heavy (non-hydrogen) atoms. The molecule has 2 atom stereocenters. The van der Waals surface area contributed by atoms with E-state index in [9.17, 15) is 4.79 Å². The highest BCUT2D eigenvalue weighted by atomic mass is 16.2. The molecule has 1 amide bonds. The van der Waals surface area contributed by atoms with Crippen LogP contribution in [0.15, 0.2) is 18.5 Å². The Hall–Kier alpha value is -1.58. The lowest BCUT2D eigenvalue weighted by atomic mass is 10.1. The first kappa shape index (κ1) is 12.9. The minimum Gasteiger partial charge on any atom is -0.366 e. The number of pyridine rings is 1. The maximum atomic E-state index is 11.6. The van der Waals surface area contributed by atoms with E-state index >= 15 is 0 Å². The highest BCUT2D eigenvalue weighted by molar-refractivity contribution is 5.74. The molecule has 0 radical (unpaired) electrons. The Balaban J connectivity index is 2.17. The normalized spacial score (nSPS) is 24.2. The SMILES string of the molecule is CC(=O)N1[C@H](C)CN(c2cncc(C)c2)C[C@@H]1C. The van der Waals surface area contributed by atoms with Crippen LogP contribution >= 0.6 is 0 Å². The van der Waals surface area contributed by atoms with Crippen LogP contribution in [0.2, 0.25) is 0 Å². The zero-order valence-corrected chi connectivity index (χ0v) is 11.6. The maximum absolute atomic E-state index is 11.6. The van der Waals surface area contributed by atoms with Crippen molar-refractivity contribution in [1.82, 2.24) is 9.88 Å². The Morgan fingerprint density at radius 3 is 2.39 bits per heavy atom. The van der Waals surface area contributed by atoms with Gasteiger partial charge in [0.2, 0.25) is 5.91 Å². The van der Waals surface area contributed by atoms with Crippen molar-refractivity contribution in [2.75, 3.05) is 18.0 Å². The highest BCUT2D eigenvalue weighted by Gasteiger charge is 2.31. The van der Waals surface area contributed by atoms with Gasteiger partial charge in [-0.1, -0.05) is 0 Å². The maximum Gasteiger partial charge on any atom is 0.220 e. The van der Waals surface area contributed by atoms with Gasteiger partial charge >= 0.3 is 0 Å². The standard InChI is InChI=1S/C14H21N3O/c1-10-5-14(7-15-6-10)16-8-11(2)17(13(4)18)12(3)9-16/h5-7,11-12H,8-9H2,1-4H3/t11-,12+. The summed E-state index contributed by atoms with van der Waals surface area (Å²) >= 11 is 0. The van der Waals surface area contributed by atoms with Crippen molar-refractivity contribution in [2.24, 2.45) is 0 Å². The largest absolute Gasteiger partial charge is 0.366 e. The molecule has 1 aliphatic heterocycles. The number of hydrogen-bond donors (Lipinski definition) is 0. The number of hydrogen-bond acceptors (Lipinski definition) is 3. The highest BCUT2D eigenvalue weighted by Crippen LogP contribution is 2.22. The lowest BCUT2D eigenvalue weighted by Crippen LogP contribution is -2.58. The Morgan fingerprint density at radius 1 is 1.28 bits per heavy atom. The summed E-state index contributed by atoms with van der Waals surface area (Å²) < 4.78 is 0. The molecular weight excluding hydrogens is 226 g/mol. The first-order valence-electron chi connectivity index (χ1n) is 6.44. The van der Waals surface area contributed by atoms with Gasteiger partial charge in [0, 0.05) is 38.3 Å². The van der Waals surface area contributed by atoms with E-state index in [4.69, 9.17) is 0 Å². The molecule has 0 unspecified atom stereocenters. The minimum atomic E-state index is 0.164. The first-order valence-corrected chi connectivity index (χ1v) is 6.44. The second kappa shape index (κ2) is 4.96. The number of rotatable bonds is 1. The molecule has 1 aromatic heterocycles. The molecule has 0 bridgehead atoms. The van der Waals surface area contributed by atoms with E-state index in [1.807, 2.05) is 17.3 Å². The summed E-state index contributed by atoms with van der Waals surface area (Å²) in [6.45, 7) is 9.65. The van der Waals surface area contributed by atoms with Crippen molar-refractivity contribution in [3.8, 4) is 0 Å². The van der Waals surface area contributed by atoms with Crippen LogP contribution in [0.25, 0.3) is 0 Å². The zero-order chi connectivity index (χ0) is 13.3. The lowest BCUT2D eigenvalue weighted by molar-refractivity contribution is -0.133. The number of anilines is 1. The molecule has 0 N–H and O–H groups in total. The van der Waals surface area contributed by atoms with Gasteiger partial charge in [-0.15, -0.1) is 0 Å². The van der Waals surface area contributed by atoms with E-state index in [2.05, 4.69) is 36.7 Å². The Morgan fingerprint density at radius 2 is 1.89 bits per heavy atom. The lowest BCUT2D eigenvalue weighted by Gasteiger charge is -2.45. The molecule has 1 fully saturated rings. The fourth-order valence-electron chi connectivity index (χ4n) is 2.87. The predicted octanol–water partition coefficient (Wildman–Crippen LogP) is 1.84. The van der Waals surface area contributed by atoms with Crippen LogP contribution in [0, 0.1) is 6.92 Å². The minimum absolute atomic E-state index is 0.164. The summed E-state index contributed by atoms with van der Waals surface area (Å²) in [5.74, 6) is 0.164. The van der Waals surface area contributed by atoms with E-state index < -0.39 is 0 Å². The Kier molecular flexibility index (Phi) is 3.55. The number of carbonyl (C=O) groups excluding carboxylic acids is 1. The third-order valence-electron chi connectivity index (χ3n) is 3.51. The van der Waals surface area contributed by atoms with Crippen LogP contribution < -0.4 is 4.90 Å². The second-order valence-electron chi connectivity index (χ2n) is 5.25. The fourth-order valence-corrected chi connectivity index (χ4v) is 2.87. The van der Waals surface area contributed by atoms with E-state index in [1.165, 1.54) is 5.56 Å². The van der Waals surface area contributed by atoms with Crippen LogP contribution in [0.1, 0.15) is 26.3 Å². The van der Waals surface area contributed by atoms with Gasteiger partial charge in [0.05, 0.1) is 11.9 Å². The monoisotopic (exact) mass is 247 g/mol. The van der Waals surface area contributed by atoms with Gasteiger partial charge in [0.15, 0.2) is 0 Å². The molecule has 1 saturated heterocycles. The number of amides is 1. The van der Waals surface area contributed by atoms with Crippen molar-refractivity contribution >= 4 is 11.6 Å². The van der Waals surface area contributed by atoms with Gasteiger partial charge in [-0.05, 0) is 32.4 Å². The van der Waals surface area contributed by atoms with Crippen LogP contribution in [-0.4, -0.2) is 41.0 Å². The van der Waals surface area contributed by atoms with Crippen LogP contribution in [0.5, 0.6) is 0 Å². The van der Waals surface area contributed by atoms with Crippen molar-refractivity contribution in [3.05, 3.63) is 24.0 Å². The molecule has 2 rings (SSSR count). The first-order chi connectivity index (χ1) is 8.49. The van der Waals surface area contributed by atoms with Crippen LogP contribution in [-0.2, 0) is 4.79 Å². The summed E-state index contributed by atoms with van der Waals surface area (Å²) in [4.78, 5) is 20.1. The fraction of sp³-hybridized carbons (Fsp3) is 0.571. The third kappa shape index (κ3) is 2.47. The van der Waals surface area contributed by atoms with Gasteiger partial charge in [-0.2, -0.15) is 0 Å². The summed E-state index contributed by atoms with van der Waals surface area (Å²) in [5.41, 5.74) is 2.32. The number of carbonyl (C=O) groups is 1. The van der Waals surface area contributed by atoms with Gasteiger partial charge in [0.1, 0.15) is 0 Å². The number of piperazine rings is 1. The van der Waals surface area contributed by atoms with Gasteiger partial charge in [-0.3, -0.25) is 9.78 Å². The van der Waals surface area contributed by atoms with Gasteiger partial charge in [0.25, 0.3) is 0 Å². The molecule has 4 heteroatoms. The molecule has 1 aliphatic rings. The molecule has 0 spiro atoms. The molecule has 0 aliphatic carbocycles. The molecule has 2 heterocycles. The predicted molar refractivity (Wildman–Crippen MR) is 72.6 cm³/mol. The van der Waals surface area contributed by atoms with Crippen molar-refractivity contribution in [1.29, 1.82) is 0 Å². The van der Waals surface area contributed by atoms with E-state index in [0.29, 0.717) is 0 Å². The summed E-state index contributed by atoms with van der Waals surface area (Å²) in [6, 6.07) is 2.63. The average Bonchev–Trinajstić information content (AvgIpc) is 2.27. The second-order valence-corrected chi connectivity index (χ2v) is 5.25. The molecule has 0 saturated carbocycles. The number of aromatic nitrogens is 1. The zero-order valence-electron chi connectivity index (χ0n) is 11.6. The molecule has 1 aromatic rings. The third-order valence-corrected chi connectivity index (χ3v) is 3.51. The topological polar surface area (TPSA) is 36.4 Å². The van der Waals surface area contributed by atoms with Gasteiger partial charge in [-0.25, -0.2) is 0 Å².